The fraction of sp³-hybridized carbons (Fsp3) is 0.393. The molecule has 7 nitrogen and oxygen atoms in total. The Morgan fingerprint density at radius 2 is 1.76 bits per heavy atom. The van der Waals surface area contributed by atoms with E-state index in [0.717, 1.165) is 34.7 Å². The maximum absolute atomic E-state index is 13.0. The van der Waals surface area contributed by atoms with E-state index in [9.17, 15) is 22.8 Å². The van der Waals surface area contributed by atoms with Crippen LogP contribution in [0.4, 0.5) is 13.2 Å². The number of nitrogens with zero attached hydrogens (tertiary/aromatic N) is 5. The summed E-state index contributed by atoms with van der Waals surface area (Å²) in [6.45, 7) is 10.6. The Labute approximate surface area is 219 Å². The number of carbonyl (C=O) groups is 2. The molecule has 3 aromatic rings. The molecule has 3 aromatic heterocycles. The van der Waals surface area contributed by atoms with Crippen molar-refractivity contribution >= 4 is 17.3 Å². The second kappa shape index (κ2) is 10.2. The molecule has 1 aliphatic rings. The van der Waals surface area contributed by atoms with Crippen molar-refractivity contribution in [3.8, 4) is 5.82 Å². The number of rotatable bonds is 5. The van der Waals surface area contributed by atoms with E-state index in [1.54, 1.807) is 13.1 Å². The highest BCUT2D eigenvalue weighted by Gasteiger charge is 2.31. The first-order valence-corrected chi connectivity index (χ1v) is 12.3. The second-order valence-corrected chi connectivity index (χ2v) is 10.5. The minimum atomic E-state index is -4.48. The normalized spacial score (nSPS) is 14.4. The quantitative estimate of drug-likeness (QED) is 0.418. The van der Waals surface area contributed by atoms with E-state index >= 15 is 0 Å². The van der Waals surface area contributed by atoms with Crippen molar-refractivity contribution in [2.75, 3.05) is 13.1 Å². The highest BCUT2D eigenvalue weighted by atomic mass is 19.4. The number of alkyl halides is 3. The highest BCUT2D eigenvalue weighted by Crippen LogP contribution is 2.29. The molecule has 0 saturated heterocycles. The summed E-state index contributed by atoms with van der Waals surface area (Å²) in [5.74, 6) is 0.141. The van der Waals surface area contributed by atoms with Crippen molar-refractivity contribution in [2.45, 2.75) is 53.6 Å². The predicted octanol–water partition coefficient (Wildman–Crippen LogP) is 5.39. The van der Waals surface area contributed by atoms with Crippen LogP contribution in [0.1, 0.15) is 65.6 Å². The highest BCUT2D eigenvalue weighted by molar-refractivity contribution is 5.98. The minimum absolute atomic E-state index is 0.105. The number of amides is 1. The lowest BCUT2D eigenvalue weighted by molar-refractivity contribution is -0.139. The molecule has 0 atom stereocenters. The van der Waals surface area contributed by atoms with Crippen molar-refractivity contribution in [3.05, 3.63) is 76.5 Å². The van der Waals surface area contributed by atoms with Crippen LogP contribution in [-0.4, -0.2) is 49.4 Å². The minimum Gasteiger partial charge on any atom is -0.338 e. The average molecular weight is 526 g/mol. The van der Waals surface area contributed by atoms with Gasteiger partial charge in [0, 0.05) is 37.3 Å². The number of carbonyl (C=O) groups excluding carboxylic acids is 2. The molecule has 4 rings (SSSR count). The number of hydrogen-bond donors (Lipinski definition) is 0. The third kappa shape index (κ3) is 5.69. The van der Waals surface area contributed by atoms with E-state index in [0.29, 0.717) is 30.8 Å². The van der Waals surface area contributed by atoms with Gasteiger partial charge in [-0.3, -0.25) is 14.6 Å². The number of hydrogen-bond acceptors (Lipinski definition) is 5. The van der Waals surface area contributed by atoms with Crippen LogP contribution in [0.3, 0.4) is 0 Å². The van der Waals surface area contributed by atoms with E-state index in [-0.39, 0.29) is 23.9 Å². The summed E-state index contributed by atoms with van der Waals surface area (Å²) in [5.41, 5.74) is 3.22. The van der Waals surface area contributed by atoms with E-state index in [1.807, 2.05) is 44.7 Å². The average Bonchev–Trinajstić information content (AvgIpc) is 3.24. The molecule has 0 N–H and O–H groups in total. The fourth-order valence-electron chi connectivity index (χ4n) is 4.48. The first-order valence-electron chi connectivity index (χ1n) is 12.3. The maximum atomic E-state index is 13.0. The summed E-state index contributed by atoms with van der Waals surface area (Å²) >= 11 is 0. The van der Waals surface area contributed by atoms with Crippen LogP contribution in [0.15, 0.2) is 42.9 Å². The SMILES string of the molecule is Cc1cc(CC(=O)c2cnn(-c3ccc(C(F)(F)F)cn3)c2C)cnc1C1=CCN(C(=O)C(C)(C)C)CC1. The third-order valence-corrected chi connectivity index (χ3v) is 6.54. The Kier molecular flexibility index (Phi) is 7.27. The van der Waals surface area contributed by atoms with E-state index in [1.165, 1.54) is 16.9 Å². The standard InChI is InChI=1S/C28H30F3N5O2/c1-17-12-19(14-33-25(17)20-8-10-35(11-9-20)26(38)27(3,4)5)13-23(37)22-16-34-36(18(22)2)24-7-6-21(15-32-24)28(29,30)31/h6-8,12,14-16H,9-11,13H2,1-5H3. The third-order valence-electron chi connectivity index (χ3n) is 6.54. The number of pyridine rings is 2. The first kappa shape index (κ1) is 27.2. The van der Waals surface area contributed by atoms with Crippen LogP contribution < -0.4 is 0 Å². The lowest BCUT2D eigenvalue weighted by atomic mass is 9.92. The summed E-state index contributed by atoms with van der Waals surface area (Å²) in [6, 6.07) is 4.09. The Morgan fingerprint density at radius 1 is 1.03 bits per heavy atom. The van der Waals surface area contributed by atoms with Gasteiger partial charge < -0.3 is 4.90 Å². The van der Waals surface area contributed by atoms with Crippen molar-refractivity contribution in [3.63, 3.8) is 0 Å². The van der Waals surface area contributed by atoms with Gasteiger partial charge >= 0.3 is 6.18 Å². The van der Waals surface area contributed by atoms with Gasteiger partial charge in [0.15, 0.2) is 11.6 Å². The van der Waals surface area contributed by atoms with Crippen LogP contribution in [0.5, 0.6) is 0 Å². The Morgan fingerprint density at radius 3 is 2.32 bits per heavy atom. The molecule has 1 aliphatic heterocycles. The molecule has 0 fully saturated rings. The monoisotopic (exact) mass is 525 g/mol. The van der Waals surface area contributed by atoms with E-state index in [4.69, 9.17) is 0 Å². The number of ketones is 1. The Balaban J connectivity index is 1.46. The Bertz CT molecular complexity index is 1400. The first-order chi connectivity index (χ1) is 17.8. The molecule has 0 radical (unpaired) electrons. The molecule has 0 saturated carbocycles. The van der Waals surface area contributed by atoms with Crippen LogP contribution in [0.25, 0.3) is 11.4 Å². The fourth-order valence-corrected chi connectivity index (χ4v) is 4.48. The van der Waals surface area contributed by atoms with Gasteiger partial charge in [0.2, 0.25) is 5.91 Å². The summed E-state index contributed by atoms with van der Waals surface area (Å²) in [6.07, 6.45) is 2.22. The van der Waals surface area contributed by atoms with Gasteiger partial charge in [-0.05, 0) is 49.1 Å². The molecule has 1 amide bonds. The smallest absolute Gasteiger partial charge is 0.338 e. The molecule has 4 heterocycles. The van der Waals surface area contributed by atoms with Gasteiger partial charge in [-0.15, -0.1) is 0 Å². The zero-order chi connectivity index (χ0) is 27.8. The number of aromatic nitrogens is 4. The van der Waals surface area contributed by atoms with Crippen molar-refractivity contribution in [1.82, 2.24) is 24.6 Å². The van der Waals surface area contributed by atoms with Crippen molar-refractivity contribution in [2.24, 2.45) is 5.41 Å². The van der Waals surface area contributed by atoms with Gasteiger partial charge in [-0.1, -0.05) is 32.9 Å². The number of aryl methyl sites for hydroxylation is 1. The molecule has 10 heteroatoms. The largest absolute Gasteiger partial charge is 0.417 e. The van der Waals surface area contributed by atoms with Crippen LogP contribution in [0.2, 0.25) is 0 Å². The molecule has 0 unspecified atom stereocenters. The maximum Gasteiger partial charge on any atom is 0.417 e. The lowest BCUT2D eigenvalue weighted by Crippen LogP contribution is -2.41. The van der Waals surface area contributed by atoms with Gasteiger partial charge in [0.25, 0.3) is 0 Å². The molecule has 38 heavy (non-hydrogen) atoms. The zero-order valence-corrected chi connectivity index (χ0v) is 22.1. The van der Waals surface area contributed by atoms with E-state index < -0.39 is 17.2 Å². The summed E-state index contributed by atoms with van der Waals surface area (Å²) in [7, 11) is 0. The van der Waals surface area contributed by atoms with Crippen LogP contribution in [0, 0.1) is 19.3 Å². The van der Waals surface area contributed by atoms with Crippen LogP contribution in [-0.2, 0) is 17.4 Å². The molecule has 0 bridgehead atoms. The molecule has 0 spiro atoms. The topological polar surface area (TPSA) is 81.0 Å². The second-order valence-electron chi connectivity index (χ2n) is 10.5. The zero-order valence-electron chi connectivity index (χ0n) is 22.1. The van der Waals surface area contributed by atoms with Gasteiger partial charge in [-0.25, -0.2) is 9.67 Å². The summed E-state index contributed by atoms with van der Waals surface area (Å²) in [5, 5.41) is 4.17. The molecular formula is C28H30F3N5O2. The number of Topliss-reactive ketones (excluding diaryl/α,β-unsaturated/α-hetero) is 1. The lowest BCUT2D eigenvalue weighted by Gasteiger charge is -2.32. The van der Waals surface area contributed by atoms with Crippen LogP contribution >= 0.6 is 0 Å². The van der Waals surface area contributed by atoms with Crippen molar-refractivity contribution < 1.29 is 22.8 Å². The predicted molar refractivity (Wildman–Crippen MR) is 137 cm³/mol. The molecule has 200 valence electrons. The van der Waals surface area contributed by atoms with Gasteiger partial charge in [0.1, 0.15) is 0 Å². The summed E-state index contributed by atoms with van der Waals surface area (Å²) < 4.78 is 39.8. The van der Waals surface area contributed by atoms with Gasteiger partial charge in [0.05, 0.1) is 28.7 Å². The van der Waals surface area contributed by atoms with E-state index in [2.05, 4.69) is 15.1 Å². The molecule has 0 aliphatic carbocycles. The molecule has 0 aromatic carbocycles. The number of halogens is 3. The van der Waals surface area contributed by atoms with Gasteiger partial charge in [-0.2, -0.15) is 18.3 Å². The van der Waals surface area contributed by atoms with Crippen molar-refractivity contribution in [1.29, 1.82) is 0 Å². The molecular weight excluding hydrogens is 495 g/mol. The summed E-state index contributed by atoms with van der Waals surface area (Å²) in [4.78, 5) is 35.9. The Hall–Kier alpha value is -3.82.